The Morgan fingerprint density at radius 2 is 2.22 bits per heavy atom. The first-order valence-electron chi connectivity index (χ1n) is 5.11. The lowest BCUT2D eigenvalue weighted by Crippen LogP contribution is -2.11. The molecule has 0 radical (unpaired) electrons. The number of thioether (sulfide) groups is 1. The standard InChI is InChI=1S/C11H11FN4OS/c1-6-15-16-11(17-6)18-5-7-2-8(10(13)14)4-9(12)3-7/h2-4H,5H2,1H3,(H3,13,14). The maximum absolute atomic E-state index is 13.3. The number of nitrogens with one attached hydrogen (secondary N) is 1. The summed E-state index contributed by atoms with van der Waals surface area (Å²) < 4.78 is 18.5. The number of hydrogen-bond acceptors (Lipinski definition) is 5. The lowest BCUT2D eigenvalue weighted by molar-refractivity contribution is 0.429. The van der Waals surface area contributed by atoms with Crippen LogP contribution in [-0.2, 0) is 5.75 Å². The van der Waals surface area contributed by atoms with E-state index in [0.717, 1.165) is 0 Å². The second-order valence-electron chi connectivity index (χ2n) is 3.64. The molecular formula is C11H11FN4OS. The third kappa shape index (κ3) is 3.07. The number of nitrogens with two attached hydrogens (primary N) is 1. The van der Waals surface area contributed by atoms with E-state index in [1.165, 1.54) is 23.9 Å². The van der Waals surface area contributed by atoms with Crippen molar-refractivity contribution in [2.24, 2.45) is 5.73 Å². The summed E-state index contributed by atoms with van der Waals surface area (Å²) in [6.07, 6.45) is 0. The second kappa shape index (κ2) is 5.18. The summed E-state index contributed by atoms with van der Waals surface area (Å²) in [5.74, 6) is 0.384. The molecule has 94 valence electrons. The van der Waals surface area contributed by atoms with Gasteiger partial charge in [0.15, 0.2) is 0 Å². The number of benzene rings is 1. The maximum atomic E-state index is 13.3. The van der Waals surface area contributed by atoms with Crippen LogP contribution in [0.3, 0.4) is 0 Å². The number of amidine groups is 1. The van der Waals surface area contributed by atoms with E-state index >= 15 is 0 Å². The molecule has 2 aromatic rings. The van der Waals surface area contributed by atoms with Gasteiger partial charge in [-0.3, -0.25) is 5.41 Å². The molecule has 0 saturated heterocycles. The van der Waals surface area contributed by atoms with Crippen molar-refractivity contribution < 1.29 is 8.81 Å². The average molecular weight is 266 g/mol. The van der Waals surface area contributed by atoms with Crippen molar-refractivity contribution >= 4 is 17.6 Å². The monoisotopic (exact) mass is 266 g/mol. The van der Waals surface area contributed by atoms with Crippen molar-refractivity contribution in [1.29, 1.82) is 5.41 Å². The van der Waals surface area contributed by atoms with Crippen LogP contribution in [-0.4, -0.2) is 16.0 Å². The number of nitrogen functional groups attached to an aromatic ring is 1. The van der Waals surface area contributed by atoms with E-state index in [1.54, 1.807) is 13.0 Å². The van der Waals surface area contributed by atoms with E-state index in [1.807, 2.05) is 0 Å². The van der Waals surface area contributed by atoms with Crippen LogP contribution in [0.15, 0.2) is 27.8 Å². The number of aryl methyl sites for hydroxylation is 1. The van der Waals surface area contributed by atoms with Crippen molar-refractivity contribution in [3.8, 4) is 0 Å². The Hall–Kier alpha value is -1.89. The molecule has 0 atom stereocenters. The van der Waals surface area contributed by atoms with Crippen LogP contribution >= 0.6 is 11.8 Å². The van der Waals surface area contributed by atoms with Crippen LogP contribution in [0, 0.1) is 18.2 Å². The molecule has 0 aliphatic rings. The minimum absolute atomic E-state index is 0.158. The van der Waals surface area contributed by atoms with Crippen LogP contribution in [0.25, 0.3) is 0 Å². The molecule has 7 heteroatoms. The van der Waals surface area contributed by atoms with Gasteiger partial charge in [0.2, 0.25) is 5.89 Å². The number of rotatable bonds is 4. The van der Waals surface area contributed by atoms with Gasteiger partial charge < -0.3 is 10.2 Å². The molecular weight excluding hydrogens is 255 g/mol. The molecule has 0 unspecified atom stereocenters. The Kier molecular flexibility index (Phi) is 3.61. The van der Waals surface area contributed by atoms with Crippen molar-refractivity contribution in [2.75, 3.05) is 0 Å². The van der Waals surface area contributed by atoms with Gasteiger partial charge in [0.1, 0.15) is 11.7 Å². The summed E-state index contributed by atoms with van der Waals surface area (Å²) in [7, 11) is 0. The normalized spacial score (nSPS) is 10.6. The van der Waals surface area contributed by atoms with Gasteiger partial charge >= 0.3 is 0 Å². The van der Waals surface area contributed by atoms with Crippen LogP contribution in [0.1, 0.15) is 17.0 Å². The summed E-state index contributed by atoms with van der Waals surface area (Å²) >= 11 is 1.31. The molecule has 0 bridgehead atoms. The third-order valence-corrected chi connectivity index (χ3v) is 3.03. The first-order valence-corrected chi connectivity index (χ1v) is 6.10. The highest BCUT2D eigenvalue weighted by Crippen LogP contribution is 2.22. The Morgan fingerprint density at radius 3 is 2.83 bits per heavy atom. The van der Waals surface area contributed by atoms with Crippen LogP contribution in [0.5, 0.6) is 0 Å². The predicted octanol–water partition coefficient (Wildman–Crippen LogP) is 2.09. The first-order chi connectivity index (χ1) is 8.54. The molecule has 1 heterocycles. The number of nitrogens with zero attached hydrogens (tertiary/aromatic N) is 2. The van der Waals surface area contributed by atoms with E-state index < -0.39 is 5.82 Å². The van der Waals surface area contributed by atoms with Gasteiger partial charge in [-0.1, -0.05) is 11.8 Å². The minimum atomic E-state index is -0.417. The highest BCUT2D eigenvalue weighted by atomic mass is 32.2. The Balaban J connectivity index is 2.11. The van der Waals surface area contributed by atoms with Crippen LogP contribution in [0.4, 0.5) is 4.39 Å². The molecule has 3 N–H and O–H groups in total. The fourth-order valence-electron chi connectivity index (χ4n) is 1.37. The molecule has 0 spiro atoms. The zero-order valence-corrected chi connectivity index (χ0v) is 10.4. The Bertz CT molecular complexity index is 584. The van der Waals surface area contributed by atoms with Crippen molar-refractivity contribution in [3.63, 3.8) is 0 Å². The predicted molar refractivity (Wildman–Crippen MR) is 66.0 cm³/mol. The average Bonchev–Trinajstić information content (AvgIpc) is 2.72. The van der Waals surface area contributed by atoms with Gasteiger partial charge in [-0.25, -0.2) is 4.39 Å². The SMILES string of the molecule is Cc1nnc(SCc2cc(F)cc(C(=N)N)c2)o1. The smallest absolute Gasteiger partial charge is 0.276 e. The van der Waals surface area contributed by atoms with E-state index in [0.29, 0.717) is 28.0 Å². The topological polar surface area (TPSA) is 88.8 Å². The molecule has 2 rings (SSSR count). The summed E-state index contributed by atoms with van der Waals surface area (Å²) in [6, 6.07) is 4.29. The van der Waals surface area contributed by atoms with E-state index in [2.05, 4.69) is 10.2 Å². The molecule has 0 aliphatic heterocycles. The Labute approximate surface area is 107 Å². The molecule has 0 fully saturated rings. The largest absolute Gasteiger partial charge is 0.416 e. The molecule has 1 aromatic heterocycles. The number of halogens is 1. The summed E-state index contributed by atoms with van der Waals surface area (Å²) in [5, 5.41) is 15.2. The highest BCUT2D eigenvalue weighted by molar-refractivity contribution is 7.98. The molecule has 18 heavy (non-hydrogen) atoms. The lowest BCUT2D eigenvalue weighted by atomic mass is 10.1. The van der Waals surface area contributed by atoms with Gasteiger partial charge in [0.25, 0.3) is 5.22 Å². The van der Waals surface area contributed by atoms with E-state index in [4.69, 9.17) is 15.6 Å². The minimum Gasteiger partial charge on any atom is -0.416 e. The lowest BCUT2D eigenvalue weighted by Gasteiger charge is -2.03. The van der Waals surface area contributed by atoms with Gasteiger partial charge in [0, 0.05) is 18.2 Å². The second-order valence-corrected chi connectivity index (χ2v) is 4.56. The van der Waals surface area contributed by atoms with Gasteiger partial charge in [-0.2, -0.15) is 0 Å². The molecule has 0 aliphatic carbocycles. The molecule has 0 amide bonds. The van der Waals surface area contributed by atoms with Crippen molar-refractivity contribution in [2.45, 2.75) is 17.9 Å². The quantitative estimate of drug-likeness (QED) is 0.502. The highest BCUT2D eigenvalue weighted by Gasteiger charge is 2.07. The zero-order valence-electron chi connectivity index (χ0n) is 9.61. The van der Waals surface area contributed by atoms with Crippen molar-refractivity contribution in [1.82, 2.24) is 10.2 Å². The summed E-state index contributed by atoms with van der Waals surface area (Å²) in [5.41, 5.74) is 6.41. The summed E-state index contributed by atoms with van der Waals surface area (Å²) in [6.45, 7) is 1.70. The fourth-order valence-corrected chi connectivity index (χ4v) is 2.11. The van der Waals surface area contributed by atoms with Crippen LogP contribution < -0.4 is 5.73 Å². The first kappa shape index (κ1) is 12.6. The van der Waals surface area contributed by atoms with Crippen molar-refractivity contribution in [3.05, 3.63) is 41.0 Å². The van der Waals surface area contributed by atoms with E-state index in [9.17, 15) is 4.39 Å². The van der Waals surface area contributed by atoms with Gasteiger partial charge in [-0.05, 0) is 23.8 Å². The van der Waals surface area contributed by atoms with E-state index in [-0.39, 0.29) is 5.84 Å². The molecule has 5 nitrogen and oxygen atoms in total. The van der Waals surface area contributed by atoms with Gasteiger partial charge in [0.05, 0.1) is 0 Å². The maximum Gasteiger partial charge on any atom is 0.276 e. The number of hydrogen-bond donors (Lipinski definition) is 2. The third-order valence-electron chi connectivity index (χ3n) is 2.14. The molecule has 1 aromatic carbocycles. The zero-order chi connectivity index (χ0) is 13.1. The molecule has 0 saturated carbocycles. The summed E-state index contributed by atoms with van der Waals surface area (Å²) in [4.78, 5) is 0. The Morgan fingerprint density at radius 1 is 1.44 bits per heavy atom. The fraction of sp³-hybridized carbons (Fsp3) is 0.182. The van der Waals surface area contributed by atoms with Gasteiger partial charge in [-0.15, -0.1) is 10.2 Å². The van der Waals surface area contributed by atoms with Crippen LogP contribution in [0.2, 0.25) is 0 Å². The number of aromatic nitrogens is 2.